The number of carbonyl (C=O) groups is 1. The van der Waals surface area contributed by atoms with Crippen molar-refractivity contribution in [1.29, 1.82) is 0 Å². The molecule has 0 spiro atoms. The summed E-state index contributed by atoms with van der Waals surface area (Å²) in [4.78, 5) is 12.2. The predicted octanol–water partition coefficient (Wildman–Crippen LogP) is 3.40. The Morgan fingerprint density at radius 3 is 2.41 bits per heavy atom. The molecule has 4 aliphatic carbocycles. The Morgan fingerprint density at radius 1 is 1.03 bits per heavy atom. The summed E-state index contributed by atoms with van der Waals surface area (Å²) in [5.41, 5.74) is 0.411. The molecule has 0 heterocycles. The molecule has 7 nitrogen and oxygen atoms in total. The molecule has 10 atom stereocenters. The molecule has 8 heteroatoms. The van der Waals surface area contributed by atoms with Gasteiger partial charge in [-0.05, 0) is 104 Å². The molecule has 0 aromatic carbocycles. The van der Waals surface area contributed by atoms with Crippen LogP contribution in [0.2, 0.25) is 0 Å². The van der Waals surface area contributed by atoms with E-state index in [1.165, 1.54) is 6.42 Å². The lowest BCUT2D eigenvalue weighted by molar-refractivity contribution is -0.174. The number of fused-ring (bicyclic) bond motifs is 5. The number of rotatable bonds is 7. The second-order valence-corrected chi connectivity index (χ2v) is 14.2. The molecule has 4 saturated carbocycles. The van der Waals surface area contributed by atoms with E-state index in [0.717, 1.165) is 51.4 Å². The van der Waals surface area contributed by atoms with Gasteiger partial charge in [-0.15, -0.1) is 0 Å². The van der Waals surface area contributed by atoms with Crippen molar-refractivity contribution in [2.75, 3.05) is 12.3 Å². The number of hydrogen-bond acceptors (Lipinski definition) is 5. The Hall–Kier alpha value is -0.700. The van der Waals surface area contributed by atoms with E-state index < -0.39 is 15.9 Å². The number of amides is 1. The predicted molar refractivity (Wildman–Crippen MR) is 130 cm³/mol. The Bertz CT molecular complexity index is 863. The summed E-state index contributed by atoms with van der Waals surface area (Å²) in [5.74, 6) is 2.10. The van der Waals surface area contributed by atoms with E-state index in [4.69, 9.17) is 4.55 Å². The van der Waals surface area contributed by atoms with Gasteiger partial charge in [0.1, 0.15) is 0 Å². The number of aliphatic hydroxyl groups is 2. The van der Waals surface area contributed by atoms with Gasteiger partial charge in [-0.3, -0.25) is 9.35 Å². The zero-order valence-corrected chi connectivity index (χ0v) is 21.9. The molecule has 4 rings (SSSR count). The van der Waals surface area contributed by atoms with Gasteiger partial charge in [-0.2, -0.15) is 8.42 Å². The van der Waals surface area contributed by atoms with E-state index in [-0.39, 0.29) is 35.5 Å². The first-order chi connectivity index (χ1) is 15.8. The summed E-state index contributed by atoms with van der Waals surface area (Å²) in [6.45, 7) is 7.05. The van der Waals surface area contributed by atoms with Crippen molar-refractivity contribution in [3.8, 4) is 0 Å². The van der Waals surface area contributed by atoms with Crippen LogP contribution in [0.5, 0.6) is 0 Å². The summed E-state index contributed by atoms with van der Waals surface area (Å²) in [6.07, 6.45) is 8.87. The third-order valence-corrected chi connectivity index (χ3v) is 11.6. The summed E-state index contributed by atoms with van der Waals surface area (Å²) in [5, 5.41) is 24.2. The van der Waals surface area contributed by atoms with Crippen molar-refractivity contribution in [3.05, 3.63) is 0 Å². The highest BCUT2D eigenvalue weighted by Gasteiger charge is 2.62. The minimum atomic E-state index is -4.06. The lowest BCUT2D eigenvalue weighted by Crippen LogP contribution is -2.58. The average molecular weight is 500 g/mol. The molecular formula is C26H45NO6S. The fourth-order valence-electron chi connectivity index (χ4n) is 9.14. The van der Waals surface area contributed by atoms with Crippen molar-refractivity contribution < 1.29 is 28.0 Å². The zero-order chi connectivity index (χ0) is 24.9. The Kier molecular flexibility index (Phi) is 7.47. The van der Waals surface area contributed by atoms with E-state index in [9.17, 15) is 23.4 Å². The van der Waals surface area contributed by atoms with E-state index in [2.05, 4.69) is 26.1 Å². The van der Waals surface area contributed by atoms with Crippen LogP contribution in [0.3, 0.4) is 0 Å². The van der Waals surface area contributed by atoms with Gasteiger partial charge in [0.2, 0.25) is 5.91 Å². The number of carbonyl (C=O) groups excluding carboxylic acids is 1. The van der Waals surface area contributed by atoms with Crippen molar-refractivity contribution in [2.24, 2.45) is 46.3 Å². The van der Waals surface area contributed by atoms with Crippen molar-refractivity contribution in [2.45, 2.75) is 97.2 Å². The van der Waals surface area contributed by atoms with Gasteiger partial charge in [-0.1, -0.05) is 20.8 Å². The molecule has 0 aromatic heterocycles. The quantitative estimate of drug-likeness (QED) is 0.398. The summed E-state index contributed by atoms with van der Waals surface area (Å²) in [7, 11) is -4.06. The molecule has 4 aliphatic rings. The second-order valence-electron chi connectivity index (χ2n) is 12.6. The van der Waals surface area contributed by atoms with Gasteiger partial charge in [0.15, 0.2) is 0 Å². The van der Waals surface area contributed by atoms with Crippen LogP contribution in [-0.2, 0) is 14.9 Å². The first-order valence-electron chi connectivity index (χ1n) is 13.4. The minimum absolute atomic E-state index is 0.0625. The monoisotopic (exact) mass is 499 g/mol. The second kappa shape index (κ2) is 9.64. The van der Waals surface area contributed by atoms with Crippen LogP contribution in [-0.4, -0.2) is 53.6 Å². The van der Waals surface area contributed by atoms with Crippen LogP contribution in [0.15, 0.2) is 0 Å². The van der Waals surface area contributed by atoms with Crippen LogP contribution in [0, 0.1) is 46.3 Å². The van der Waals surface area contributed by atoms with Crippen LogP contribution < -0.4 is 5.32 Å². The van der Waals surface area contributed by atoms with Gasteiger partial charge < -0.3 is 15.5 Å². The topological polar surface area (TPSA) is 124 Å². The lowest BCUT2D eigenvalue weighted by atomic mass is 9.43. The Balaban J connectivity index is 1.39. The largest absolute Gasteiger partial charge is 0.393 e. The van der Waals surface area contributed by atoms with Crippen molar-refractivity contribution in [3.63, 3.8) is 0 Å². The molecule has 1 amide bonds. The Morgan fingerprint density at radius 2 is 1.71 bits per heavy atom. The standard InChI is InChI=1S/C26H45NO6S/c1-16(4-7-23(30)27-12-13-34(31,32)33)19-5-6-20-24-21(9-11-26(19,20)3)25(2)10-8-18(28)14-17(25)15-22(24)29/h16-22,24,28-29H,4-15H2,1-3H3,(H,27,30)(H,31,32,33)/t16?,17?,18-,19-,20?,21?,22-,24?,25+,26-/m1/s1. The molecule has 0 saturated heterocycles. The first-order valence-corrected chi connectivity index (χ1v) is 15.0. The molecule has 34 heavy (non-hydrogen) atoms. The summed E-state index contributed by atoms with van der Waals surface area (Å²) >= 11 is 0. The van der Waals surface area contributed by atoms with Gasteiger partial charge in [0, 0.05) is 13.0 Å². The zero-order valence-electron chi connectivity index (χ0n) is 21.1. The van der Waals surface area contributed by atoms with Crippen molar-refractivity contribution in [1.82, 2.24) is 5.32 Å². The molecule has 0 aromatic rings. The lowest BCUT2D eigenvalue weighted by Gasteiger charge is -2.62. The highest BCUT2D eigenvalue weighted by molar-refractivity contribution is 7.85. The number of aliphatic hydroxyl groups excluding tert-OH is 2. The minimum Gasteiger partial charge on any atom is -0.393 e. The number of hydrogen-bond donors (Lipinski definition) is 4. The molecule has 4 N–H and O–H groups in total. The summed E-state index contributed by atoms with van der Waals surface area (Å²) < 4.78 is 30.5. The Labute approximate surface area is 205 Å². The highest BCUT2D eigenvalue weighted by atomic mass is 32.2. The normalized spacial score (nSPS) is 45.1. The number of nitrogens with one attached hydrogen (secondary N) is 1. The first kappa shape index (κ1) is 26.4. The van der Waals surface area contributed by atoms with Crippen molar-refractivity contribution >= 4 is 16.0 Å². The van der Waals surface area contributed by atoms with Crippen LogP contribution >= 0.6 is 0 Å². The SMILES string of the molecule is CC(CCC(=O)NCCS(=O)(=O)O)[C@H]1CCC2C3C(CC[C@@]21C)[C@@]1(C)CC[C@@H](O)CC1C[C@H]3O. The maximum atomic E-state index is 12.2. The third kappa shape index (κ3) is 4.94. The molecule has 196 valence electrons. The van der Waals surface area contributed by atoms with E-state index >= 15 is 0 Å². The molecule has 0 radical (unpaired) electrons. The van der Waals surface area contributed by atoms with Gasteiger partial charge in [0.25, 0.3) is 10.1 Å². The van der Waals surface area contributed by atoms with Gasteiger partial charge in [0.05, 0.1) is 18.0 Å². The van der Waals surface area contributed by atoms with E-state index in [1.807, 2.05) is 0 Å². The van der Waals surface area contributed by atoms with E-state index in [0.29, 0.717) is 41.9 Å². The van der Waals surface area contributed by atoms with E-state index in [1.54, 1.807) is 0 Å². The van der Waals surface area contributed by atoms with Gasteiger partial charge in [-0.25, -0.2) is 0 Å². The molecule has 4 fully saturated rings. The fourth-order valence-corrected chi connectivity index (χ4v) is 9.50. The average Bonchev–Trinajstić information content (AvgIpc) is 3.09. The maximum absolute atomic E-state index is 12.2. The molecule has 0 bridgehead atoms. The highest BCUT2D eigenvalue weighted by Crippen LogP contribution is 2.68. The maximum Gasteiger partial charge on any atom is 0.266 e. The molecule has 0 aliphatic heterocycles. The molecule has 5 unspecified atom stereocenters. The van der Waals surface area contributed by atoms with Crippen LogP contribution in [0.4, 0.5) is 0 Å². The smallest absolute Gasteiger partial charge is 0.266 e. The van der Waals surface area contributed by atoms with Gasteiger partial charge >= 0.3 is 0 Å². The van der Waals surface area contributed by atoms with Crippen LogP contribution in [0.1, 0.15) is 85.0 Å². The van der Waals surface area contributed by atoms with Crippen LogP contribution in [0.25, 0.3) is 0 Å². The summed E-state index contributed by atoms with van der Waals surface area (Å²) in [6, 6.07) is 0. The molecular weight excluding hydrogens is 454 g/mol. The fraction of sp³-hybridized carbons (Fsp3) is 0.962. The third-order valence-electron chi connectivity index (χ3n) is 10.9.